The van der Waals surface area contributed by atoms with E-state index in [1.807, 2.05) is 0 Å². The van der Waals surface area contributed by atoms with Gasteiger partial charge in [0.2, 0.25) is 0 Å². The SMILES string of the molecule is CC(C)(C)OC(=O)NCCCn1cc(C(=O)Nc2ccc(OCC(O)C(=O)OC(C)(C)C)cc2)cn1. The fourth-order valence-corrected chi connectivity index (χ4v) is 2.80. The van der Waals surface area contributed by atoms with E-state index in [-0.39, 0.29) is 12.5 Å². The summed E-state index contributed by atoms with van der Waals surface area (Å²) in [4.78, 5) is 36.0. The molecule has 0 aliphatic heterocycles. The van der Waals surface area contributed by atoms with Crippen LogP contribution in [-0.4, -0.2) is 63.3 Å². The topological polar surface area (TPSA) is 141 Å². The van der Waals surface area contributed by atoms with Crippen molar-refractivity contribution in [1.29, 1.82) is 0 Å². The first-order valence-corrected chi connectivity index (χ1v) is 11.7. The molecule has 0 saturated heterocycles. The first kappa shape index (κ1) is 28.6. The van der Waals surface area contributed by atoms with E-state index in [9.17, 15) is 19.5 Å². The maximum absolute atomic E-state index is 12.5. The van der Waals surface area contributed by atoms with Crippen LogP contribution in [0, 0.1) is 0 Å². The lowest BCUT2D eigenvalue weighted by Gasteiger charge is -2.21. The molecule has 1 aromatic carbocycles. The van der Waals surface area contributed by atoms with Gasteiger partial charge in [-0.15, -0.1) is 0 Å². The van der Waals surface area contributed by atoms with Crippen molar-refractivity contribution in [1.82, 2.24) is 15.1 Å². The Bertz CT molecular complexity index is 1020. The van der Waals surface area contributed by atoms with Crippen molar-refractivity contribution in [3.05, 3.63) is 42.2 Å². The molecule has 11 heteroatoms. The first-order chi connectivity index (χ1) is 16.7. The molecule has 2 aromatic rings. The smallest absolute Gasteiger partial charge is 0.407 e. The Morgan fingerprint density at radius 2 is 1.67 bits per heavy atom. The zero-order valence-electron chi connectivity index (χ0n) is 21.7. The molecule has 0 aliphatic carbocycles. The molecule has 0 radical (unpaired) electrons. The van der Waals surface area contributed by atoms with Gasteiger partial charge in [0.25, 0.3) is 5.91 Å². The average Bonchev–Trinajstić information content (AvgIpc) is 3.23. The molecule has 1 atom stereocenters. The lowest BCUT2D eigenvalue weighted by molar-refractivity contribution is -0.166. The van der Waals surface area contributed by atoms with Crippen LogP contribution in [0.25, 0.3) is 0 Å². The van der Waals surface area contributed by atoms with Crippen LogP contribution in [0.1, 0.15) is 58.3 Å². The third kappa shape index (κ3) is 10.8. The second-order valence-electron chi connectivity index (χ2n) is 10.1. The second kappa shape index (κ2) is 12.4. The number of nitrogens with one attached hydrogen (secondary N) is 2. The van der Waals surface area contributed by atoms with Crippen molar-refractivity contribution in [3.8, 4) is 5.75 Å². The number of hydrogen-bond donors (Lipinski definition) is 3. The minimum atomic E-state index is -1.41. The summed E-state index contributed by atoms with van der Waals surface area (Å²) < 4.78 is 17.3. The molecule has 1 unspecified atom stereocenters. The molecular formula is C25H36N4O7. The Kier molecular flexibility index (Phi) is 9.85. The van der Waals surface area contributed by atoms with Gasteiger partial charge in [-0.1, -0.05) is 0 Å². The standard InChI is InChI=1S/C25H36N4O7/c1-24(2,3)35-22(32)20(30)16-34-19-10-8-18(9-11-19)28-21(31)17-14-27-29(15-17)13-7-12-26-23(33)36-25(4,5)6/h8-11,14-15,20,30H,7,12-13,16H2,1-6H3,(H,26,33)(H,28,31). The summed E-state index contributed by atoms with van der Waals surface area (Å²) in [5.41, 5.74) is -0.329. The number of rotatable bonds is 10. The van der Waals surface area contributed by atoms with Crippen molar-refractivity contribution in [2.75, 3.05) is 18.5 Å². The number of carbonyl (C=O) groups is 3. The van der Waals surface area contributed by atoms with Crippen molar-refractivity contribution in [2.45, 2.75) is 71.8 Å². The Morgan fingerprint density at radius 1 is 1.03 bits per heavy atom. The molecule has 0 saturated carbocycles. The summed E-state index contributed by atoms with van der Waals surface area (Å²) in [7, 11) is 0. The minimum Gasteiger partial charge on any atom is -0.490 e. The van der Waals surface area contributed by atoms with E-state index >= 15 is 0 Å². The Labute approximate surface area is 211 Å². The molecule has 0 spiro atoms. The number of ether oxygens (including phenoxy) is 3. The van der Waals surface area contributed by atoms with Crippen molar-refractivity contribution in [2.24, 2.45) is 0 Å². The van der Waals surface area contributed by atoms with E-state index in [1.54, 1.807) is 76.7 Å². The van der Waals surface area contributed by atoms with E-state index in [2.05, 4.69) is 15.7 Å². The highest BCUT2D eigenvalue weighted by molar-refractivity contribution is 6.03. The highest BCUT2D eigenvalue weighted by atomic mass is 16.6. The second-order valence-corrected chi connectivity index (χ2v) is 10.1. The summed E-state index contributed by atoms with van der Waals surface area (Å²) in [6, 6.07) is 6.50. The number of hydrogen-bond acceptors (Lipinski definition) is 8. The van der Waals surface area contributed by atoms with Crippen molar-refractivity contribution < 1.29 is 33.7 Å². The Morgan fingerprint density at radius 3 is 2.28 bits per heavy atom. The zero-order chi connectivity index (χ0) is 26.9. The highest BCUT2D eigenvalue weighted by Gasteiger charge is 2.23. The largest absolute Gasteiger partial charge is 0.490 e. The molecule has 0 bridgehead atoms. The van der Waals surface area contributed by atoms with Crippen LogP contribution in [0.5, 0.6) is 5.75 Å². The maximum Gasteiger partial charge on any atom is 0.407 e. The van der Waals surface area contributed by atoms with Crippen LogP contribution < -0.4 is 15.4 Å². The number of nitrogens with zero attached hydrogens (tertiary/aromatic N) is 2. The third-order valence-corrected chi connectivity index (χ3v) is 4.33. The first-order valence-electron chi connectivity index (χ1n) is 11.7. The minimum absolute atomic E-state index is 0.257. The molecule has 0 aliphatic rings. The molecular weight excluding hydrogens is 468 g/mol. The maximum atomic E-state index is 12.5. The normalized spacial score (nSPS) is 12.4. The van der Waals surface area contributed by atoms with Gasteiger partial charge in [0.15, 0.2) is 6.10 Å². The highest BCUT2D eigenvalue weighted by Crippen LogP contribution is 2.17. The number of amides is 2. The monoisotopic (exact) mass is 504 g/mol. The summed E-state index contributed by atoms with van der Waals surface area (Å²) >= 11 is 0. The Hall–Kier alpha value is -3.60. The van der Waals surface area contributed by atoms with Crippen molar-refractivity contribution >= 4 is 23.7 Å². The van der Waals surface area contributed by atoms with E-state index in [1.165, 1.54) is 6.20 Å². The van der Waals surface area contributed by atoms with E-state index in [0.717, 1.165) is 0 Å². The number of aliphatic hydroxyl groups excluding tert-OH is 1. The van der Waals surface area contributed by atoms with Crippen LogP contribution in [0.3, 0.4) is 0 Å². The summed E-state index contributed by atoms with van der Waals surface area (Å²) in [6.45, 7) is 11.2. The van der Waals surface area contributed by atoms with Crippen LogP contribution in [0.4, 0.5) is 10.5 Å². The zero-order valence-corrected chi connectivity index (χ0v) is 21.7. The van der Waals surface area contributed by atoms with Gasteiger partial charge in [-0.05, 0) is 72.2 Å². The van der Waals surface area contributed by atoms with Gasteiger partial charge in [-0.25, -0.2) is 9.59 Å². The molecule has 1 aromatic heterocycles. The number of anilines is 1. The number of aromatic nitrogens is 2. The molecule has 2 amide bonds. The van der Waals surface area contributed by atoms with Crippen molar-refractivity contribution in [3.63, 3.8) is 0 Å². The van der Waals surface area contributed by atoms with Crippen LogP contribution in [0.2, 0.25) is 0 Å². The van der Waals surface area contributed by atoms with Gasteiger partial charge >= 0.3 is 12.1 Å². The molecule has 2 rings (SSSR count). The lowest BCUT2D eigenvalue weighted by atomic mass is 10.2. The quantitative estimate of drug-likeness (QED) is 0.331. The van der Waals surface area contributed by atoms with Gasteiger partial charge in [0, 0.05) is 25.0 Å². The van der Waals surface area contributed by atoms with Gasteiger partial charge in [-0.2, -0.15) is 5.10 Å². The number of esters is 1. The Balaban J connectivity index is 1.76. The number of carbonyl (C=O) groups excluding carboxylic acids is 3. The fourth-order valence-electron chi connectivity index (χ4n) is 2.80. The molecule has 3 N–H and O–H groups in total. The van der Waals surface area contributed by atoms with Crippen LogP contribution >= 0.6 is 0 Å². The number of aliphatic hydroxyl groups is 1. The molecule has 198 valence electrons. The summed E-state index contributed by atoms with van der Waals surface area (Å²) in [6.07, 6.45) is 1.82. The molecule has 11 nitrogen and oxygen atoms in total. The van der Waals surface area contributed by atoms with Gasteiger partial charge < -0.3 is 30.0 Å². The molecule has 1 heterocycles. The number of aryl methyl sites for hydroxylation is 1. The van der Waals surface area contributed by atoms with Gasteiger partial charge in [0.1, 0.15) is 23.6 Å². The fraction of sp³-hybridized carbons (Fsp3) is 0.520. The molecule has 36 heavy (non-hydrogen) atoms. The lowest BCUT2D eigenvalue weighted by Crippen LogP contribution is -2.35. The van der Waals surface area contributed by atoms with Gasteiger partial charge in [0.05, 0.1) is 11.8 Å². The average molecular weight is 505 g/mol. The van der Waals surface area contributed by atoms with Crippen LogP contribution in [-0.2, 0) is 20.8 Å². The van der Waals surface area contributed by atoms with E-state index < -0.39 is 29.4 Å². The molecule has 0 fully saturated rings. The predicted octanol–water partition coefficient (Wildman–Crippen LogP) is 3.13. The predicted molar refractivity (Wildman–Crippen MR) is 133 cm³/mol. The summed E-state index contributed by atoms with van der Waals surface area (Å²) in [5, 5.41) is 19.5. The summed E-state index contributed by atoms with van der Waals surface area (Å²) in [5.74, 6) is -0.670. The van der Waals surface area contributed by atoms with Gasteiger partial charge in [-0.3, -0.25) is 9.48 Å². The van der Waals surface area contributed by atoms with E-state index in [4.69, 9.17) is 14.2 Å². The number of benzene rings is 1. The number of alkyl carbamates (subject to hydrolysis) is 1. The van der Waals surface area contributed by atoms with Crippen LogP contribution in [0.15, 0.2) is 36.7 Å². The van der Waals surface area contributed by atoms with E-state index in [0.29, 0.717) is 36.5 Å². The third-order valence-electron chi connectivity index (χ3n) is 4.33.